The van der Waals surface area contributed by atoms with Gasteiger partial charge in [-0.2, -0.15) is 4.98 Å². The van der Waals surface area contributed by atoms with Crippen LogP contribution in [0.4, 0.5) is 0 Å². The average Bonchev–Trinajstić information content (AvgIpc) is 2.87. The first-order chi connectivity index (χ1) is 8.26. The molecule has 0 aliphatic heterocycles. The zero-order valence-electron chi connectivity index (χ0n) is 9.63. The summed E-state index contributed by atoms with van der Waals surface area (Å²) in [6.07, 6.45) is 0.889. The molecule has 0 radical (unpaired) electrons. The molecule has 2 rings (SSSR count). The van der Waals surface area contributed by atoms with E-state index in [0.29, 0.717) is 11.7 Å². The summed E-state index contributed by atoms with van der Waals surface area (Å²) in [6, 6.07) is 7.25. The predicted octanol–water partition coefficient (Wildman–Crippen LogP) is 1.29. The van der Waals surface area contributed by atoms with Gasteiger partial charge in [-0.1, -0.05) is 30.3 Å². The second kappa shape index (κ2) is 5.07. The highest BCUT2D eigenvalue weighted by molar-refractivity contribution is 5.58. The molecular formula is C12H15N3O2. The average molecular weight is 233 g/mol. The van der Waals surface area contributed by atoms with Gasteiger partial charge in [0, 0.05) is 5.56 Å². The third-order valence-corrected chi connectivity index (χ3v) is 2.60. The van der Waals surface area contributed by atoms with Gasteiger partial charge in [0.25, 0.3) is 5.89 Å². The summed E-state index contributed by atoms with van der Waals surface area (Å²) in [5.74, 6) is 0.773. The summed E-state index contributed by atoms with van der Waals surface area (Å²) in [6.45, 7) is 1.87. The minimum atomic E-state index is -0.596. The van der Waals surface area contributed by atoms with Crippen LogP contribution >= 0.6 is 0 Å². The van der Waals surface area contributed by atoms with E-state index in [1.54, 1.807) is 0 Å². The van der Waals surface area contributed by atoms with Crippen molar-refractivity contribution in [2.75, 3.05) is 6.61 Å². The molecule has 1 heterocycles. The molecule has 0 amide bonds. The minimum Gasteiger partial charge on any atom is -0.394 e. The molecule has 3 N–H and O–H groups in total. The van der Waals surface area contributed by atoms with Crippen LogP contribution < -0.4 is 5.73 Å². The van der Waals surface area contributed by atoms with E-state index in [0.717, 1.165) is 17.5 Å². The largest absolute Gasteiger partial charge is 0.394 e. The molecule has 5 nitrogen and oxygen atoms in total. The van der Waals surface area contributed by atoms with E-state index >= 15 is 0 Å². The standard InChI is InChI=1S/C12H15N3O2/c1-2-8-5-3-4-6-9(8)12-14-11(15-17-12)10(13)7-16/h3-6,10,16H,2,7,13H2,1H3. The van der Waals surface area contributed by atoms with Crippen molar-refractivity contribution in [1.29, 1.82) is 0 Å². The molecule has 1 unspecified atom stereocenters. The molecular weight excluding hydrogens is 218 g/mol. The summed E-state index contributed by atoms with van der Waals surface area (Å²) in [4.78, 5) is 4.20. The molecule has 1 aromatic carbocycles. The van der Waals surface area contributed by atoms with Crippen molar-refractivity contribution < 1.29 is 9.63 Å². The van der Waals surface area contributed by atoms with Crippen LogP contribution in [0.2, 0.25) is 0 Å². The lowest BCUT2D eigenvalue weighted by molar-refractivity contribution is 0.260. The third-order valence-electron chi connectivity index (χ3n) is 2.60. The second-order valence-corrected chi connectivity index (χ2v) is 3.76. The highest BCUT2D eigenvalue weighted by Gasteiger charge is 2.15. The molecule has 1 aromatic heterocycles. The van der Waals surface area contributed by atoms with Crippen molar-refractivity contribution in [2.24, 2.45) is 5.73 Å². The zero-order chi connectivity index (χ0) is 12.3. The number of rotatable bonds is 4. The molecule has 90 valence electrons. The maximum Gasteiger partial charge on any atom is 0.258 e. The number of aliphatic hydroxyl groups is 1. The van der Waals surface area contributed by atoms with Crippen molar-refractivity contribution in [3.05, 3.63) is 35.7 Å². The fourth-order valence-corrected chi connectivity index (χ4v) is 1.61. The van der Waals surface area contributed by atoms with Gasteiger partial charge in [-0.15, -0.1) is 0 Å². The molecule has 0 fully saturated rings. The van der Waals surface area contributed by atoms with E-state index < -0.39 is 6.04 Å². The number of aliphatic hydroxyl groups excluding tert-OH is 1. The van der Waals surface area contributed by atoms with Crippen LogP contribution in [0.25, 0.3) is 11.5 Å². The molecule has 0 saturated heterocycles. The van der Waals surface area contributed by atoms with E-state index in [9.17, 15) is 0 Å². The molecule has 2 aromatic rings. The minimum absolute atomic E-state index is 0.200. The second-order valence-electron chi connectivity index (χ2n) is 3.76. The number of hydrogen-bond acceptors (Lipinski definition) is 5. The summed E-state index contributed by atoms with van der Waals surface area (Å²) < 4.78 is 5.16. The zero-order valence-corrected chi connectivity index (χ0v) is 9.63. The van der Waals surface area contributed by atoms with Crippen molar-refractivity contribution in [1.82, 2.24) is 10.1 Å². The Labute approximate surface area is 99.3 Å². The van der Waals surface area contributed by atoms with Crippen LogP contribution in [0.5, 0.6) is 0 Å². The van der Waals surface area contributed by atoms with Gasteiger partial charge in [-0.3, -0.25) is 0 Å². The Morgan fingerprint density at radius 1 is 1.41 bits per heavy atom. The lowest BCUT2D eigenvalue weighted by Crippen LogP contribution is -2.15. The van der Waals surface area contributed by atoms with E-state index in [1.165, 1.54) is 0 Å². The maximum absolute atomic E-state index is 8.92. The number of nitrogens with zero attached hydrogens (tertiary/aromatic N) is 2. The summed E-state index contributed by atoms with van der Waals surface area (Å²) in [5, 5.41) is 12.7. The van der Waals surface area contributed by atoms with Crippen molar-refractivity contribution in [2.45, 2.75) is 19.4 Å². The molecule has 17 heavy (non-hydrogen) atoms. The predicted molar refractivity (Wildman–Crippen MR) is 63.1 cm³/mol. The number of hydrogen-bond donors (Lipinski definition) is 2. The first-order valence-electron chi connectivity index (χ1n) is 5.54. The van der Waals surface area contributed by atoms with E-state index in [1.807, 2.05) is 24.3 Å². The Kier molecular flexibility index (Phi) is 3.51. The Bertz CT molecular complexity index is 496. The Morgan fingerprint density at radius 3 is 2.88 bits per heavy atom. The number of aryl methyl sites for hydroxylation is 1. The Balaban J connectivity index is 2.37. The lowest BCUT2D eigenvalue weighted by atomic mass is 10.1. The van der Waals surface area contributed by atoms with Gasteiger partial charge in [0.1, 0.15) is 0 Å². The van der Waals surface area contributed by atoms with E-state index in [-0.39, 0.29) is 6.61 Å². The summed E-state index contributed by atoms with van der Waals surface area (Å²) in [5.41, 5.74) is 7.68. The fourth-order valence-electron chi connectivity index (χ4n) is 1.61. The Hall–Kier alpha value is -1.72. The van der Waals surface area contributed by atoms with E-state index in [4.69, 9.17) is 15.4 Å². The molecule has 0 aliphatic carbocycles. The quantitative estimate of drug-likeness (QED) is 0.831. The lowest BCUT2D eigenvalue weighted by Gasteiger charge is -2.02. The van der Waals surface area contributed by atoms with Crippen LogP contribution in [0.1, 0.15) is 24.4 Å². The smallest absolute Gasteiger partial charge is 0.258 e. The van der Waals surface area contributed by atoms with Gasteiger partial charge in [0.15, 0.2) is 5.82 Å². The number of aromatic nitrogens is 2. The highest BCUT2D eigenvalue weighted by Crippen LogP contribution is 2.23. The summed E-state index contributed by atoms with van der Waals surface area (Å²) >= 11 is 0. The topological polar surface area (TPSA) is 85.2 Å². The van der Waals surface area contributed by atoms with Crippen LogP contribution in [-0.4, -0.2) is 21.9 Å². The van der Waals surface area contributed by atoms with Crippen LogP contribution in [0.15, 0.2) is 28.8 Å². The number of benzene rings is 1. The maximum atomic E-state index is 8.92. The van der Waals surface area contributed by atoms with Gasteiger partial charge in [-0.25, -0.2) is 0 Å². The molecule has 5 heteroatoms. The molecule has 1 atom stereocenters. The molecule has 0 spiro atoms. The van der Waals surface area contributed by atoms with Crippen LogP contribution in [0.3, 0.4) is 0 Å². The first kappa shape index (κ1) is 11.8. The van der Waals surface area contributed by atoms with Gasteiger partial charge in [-0.05, 0) is 18.1 Å². The van der Waals surface area contributed by atoms with Crippen molar-refractivity contribution in [3.63, 3.8) is 0 Å². The molecule has 0 saturated carbocycles. The van der Waals surface area contributed by atoms with Gasteiger partial charge in [0.05, 0.1) is 12.6 Å². The fraction of sp³-hybridized carbons (Fsp3) is 0.333. The van der Waals surface area contributed by atoms with Gasteiger partial charge < -0.3 is 15.4 Å². The first-order valence-corrected chi connectivity index (χ1v) is 5.54. The van der Waals surface area contributed by atoms with Crippen LogP contribution in [0, 0.1) is 0 Å². The van der Waals surface area contributed by atoms with E-state index in [2.05, 4.69) is 17.1 Å². The third kappa shape index (κ3) is 2.35. The summed E-state index contributed by atoms with van der Waals surface area (Å²) in [7, 11) is 0. The van der Waals surface area contributed by atoms with Gasteiger partial charge in [0.2, 0.25) is 0 Å². The van der Waals surface area contributed by atoms with Crippen molar-refractivity contribution in [3.8, 4) is 11.5 Å². The normalized spacial score (nSPS) is 12.6. The van der Waals surface area contributed by atoms with Gasteiger partial charge >= 0.3 is 0 Å². The highest BCUT2D eigenvalue weighted by atomic mass is 16.5. The number of nitrogens with two attached hydrogens (primary N) is 1. The van der Waals surface area contributed by atoms with Crippen LogP contribution in [-0.2, 0) is 6.42 Å². The van der Waals surface area contributed by atoms with Crippen molar-refractivity contribution >= 4 is 0 Å². The molecule has 0 aliphatic rings. The SMILES string of the molecule is CCc1ccccc1-c1nc(C(N)CO)no1. The Morgan fingerprint density at radius 2 is 2.18 bits per heavy atom. The molecule has 0 bridgehead atoms. The monoisotopic (exact) mass is 233 g/mol.